The van der Waals surface area contributed by atoms with E-state index in [4.69, 9.17) is 9.47 Å². The van der Waals surface area contributed by atoms with Crippen LogP contribution in [0.25, 0.3) is 16.6 Å². The number of carbonyl (C=O) groups is 2. The first-order valence-corrected chi connectivity index (χ1v) is 16.4. The number of halogens is 3. The van der Waals surface area contributed by atoms with E-state index in [1.54, 1.807) is 52.3 Å². The van der Waals surface area contributed by atoms with Crippen molar-refractivity contribution in [3.63, 3.8) is 0 Å². The van der Waals surface area contributed by atoms with E-state index in [2.05, 4.69) is 4.98 Å². The molecule has 6 rings (SSSR count). The molecule has 2 aliphatic heterocycles. The van der Waals surface area contributed by atoms with E-state index < -0.39 is 17.3 Å². The maximum atomic E-state index is 13.4. The van der Waals surface area contributed by atoms with Crippen LogP contribution < -0.4 is 15.0 Å². The molecular weight excluding hydrogens is 633 g/mol. The van der Waals surface area contributed by atoms with Crippen molar-refractivity contribution in [3.05, 3.63) is 88.2 Å². The summed E-state index contributed by atoms with van der Waals surface area (Å²) in [7, 11) is 0. The zero-order valence-corrected chi connectivity index (χ0v) is 26.5. The highest BCUT2D eigenvalue weighted by atomic mass is 32.2. The molecule has 0 radical (unpaired) electrons. The van der Waals surface area contributed by atoms with Crippen molar-refractivity contribution in [2.45, 2.75) is 50.0 Å². The molecule has 0 aliphatic carbocycles. The van der Waals surface area contributed by atoms with Gasteiger partial charge < -0.3 is 19.3 Å². The number of piperazine rings is 1. The molecule has 0 saturated carbocycles. The number of fused-ring (bicyclic) bond motifs is 2. The summed E-state index contributed by atoms with van der Waals surface area (Å²) in [6.07, 6.45) is -2.05. The van der Waals surface area contributed by atoms with Gasteiger partial charge in [-0.1, -0.05) is 36.4 Å². The lowest BCUT2D eigenvalue weighted by molar-refractivity contribution is -0.137. The summed E-state index contributed by atoms with van der Waals surface area (Å²) in [5, 5.41) is 0.631. The maximum Gasteiger partial charge on any atom is 0.416 e. The summed E-state index contributed by atoms with van der Waals surface area (Å²) in [6, 6.07) is 16.4. The molecule has 0 spiro atoms. The molecule has 4 aromatic rings. The van der Waals surface area contributed by atoms with Crippen molar-refractivity contribution >= 4 is 34.5 Å². The molecule has 1 saturated heterocycles. The Morgan fingerprint density at radius 1 is 0.957 bits per heavy atom. The molecule has 0 N–H and O–H groups in total. The van der Waals surface area contributed by atoms with Crippen molar-refractivity contribution in [1.82, 2.24) is 19.4 Å². The summed E-state index contributed by atoms with van der Waals surface area (Å²) in [5.74, 6) is 1.66. The first kappa shape index (κ1) is 32.4. The van der Waals surface area contributed by atoms with Gasteiger partial charge in [0, 0.05) is 43.4 Å². The average Bonchev–Trinajstić information content (AvgIpc) is 3.54. The van der Waals surface area contributed by atoms with Crippen molar-refractivity contribution in [1.29, 1.82) is 0 Å². The molecule has 1 atom stereocenters. The summed E-state index contributed by atoms with van der Waals surface area (Å²) < 4.78 is 52.3. The van der Waals surface area contributed by atoms with Gasteiger partial charge in [0.1, 0.15) is 0 Å². The molecule has 3 aromatic carbocycles. The number of ether oxygens (including phenoxy) is 2. The Morgan fingerprint density at radius 3 is 2.57 bits per heavy atom. The van der Waals surface area contributed by atoms with Crippen LogP contribution in [0.3, 0.4) is 0 Å². The number of aromatic nitrogens is 2. The van der Waals surface area contributed by atoms with E-state index >= 15 is 0 Å². The van der Waals surface area contributed by atoms with Gasteiger partial charge in [-0.3, -0.25) is 19.0 Å². The lowest BCUT2D eigenvalue weighted by Crippen LogP contribution is -2.55. The number of nitrogens with zero attached hydrogens (tertiary/aromatic N) is 4. The topological polar surface area (TPSA) is 94.0 Å². The molecule has 3 heterocycles. The number of rotatable bonds is 9. The predicted molar refractivity (Wildman–Crippen MR) is 171 cm³/mol. The normalized spacial score (nSPS) is 16.1. The largest absolute Gasteiger partial charge is 0.454 e. The lowest BCUT2D eigenvalue weighted by Gasteiger charge is -2.40. The molecule has 47 heavy (non-hydrogen) atoms. The quantitative estimate of drug-likeness (QED) is 0.120. The molecule has 1 fully saturated rings. The van der Waals surface area contributed by atoms with Gasteiger partial charge in [-0.25, -0.2) is 4.98 Å². The Bertz CT molecular complexity index is 1860. The van der Waals surface area contributed by atoms with Gasteiger partial charge in [0.2, 0.25) is 12.7 Å². The van der Waals surface area contributed by atoms with Crippen LogP contribution in [0.2, 0.25) is 0 Å². The number of unbranched alkanes of at least 4 members (excludes halogenated alkanes) is 2. The first-order chi connectivity index (χ1) is 22.6. The highest BCUT2D eigenvalue weighted by Gasteiger charge is 2.32. The molecule has 1 aromatic heterocycles. The summed E-state index contributed by atoms with van der Waals surface area (Å²) in [4.78, 5) is 47.8. The van der Waals surface area contributed by atoms with E-state index in [1.807, 2.05) is 6.92 Å². The first-order valence-electron chi connectivity index (χ1n) is 15.4. The number of thioether (sulfide) groups is 1. The second-order valence-corrected chi connectivity index (χ2v) is 12.6. The van der Waals surface area contributed by atoms with Crippen LogP contribution in [0.4, 0.5) is 13.2 Å². The Balaban J connectivity index is 1.01. The number of benzene rings is 3. The van der Waals surface area contributed by atoms with Gasteiger partial charge in [-0.2, -0.15) is 13.2 Å². The Hall–Kier alpha value is -4.52. The van der Waals surface area contributed by atoms with Crippen LogP contribution in [0.5, 0.6) is 11.5 Å². The monoisotopic (exact) mass is 666 g/mol. The smallest absolute Gasteiger partial charge is 0.416 e. The third kappa shape index (κ3) is 7.09. The standard InChI is InChI=1S/C34H33F3N4O5S/c1-22-20-39(15-16-40(22)31(43)23-13-14-28-29(18-23)46-21-45-28)30(42)12-3-2-6-17-47-33-38-27-11-5-4-10-26(27)32(44)41(33)25-9-7-8-24(19-25)34(35,36)37/h4-5,7-11,13-14,18-19,22H,2-3,6,12,15-17,20-21H2,1H3. The van der Waals surface area contributed by atoms with Gasteiger partial charge in [0.25, 0.3) is 11.5 Å². The predicted octanol–water partition coefficient (Wildman–Crippen LogP) is 6.16. The molecule has 2 aliphatic rings. The van der Waals surface area contributed by atoms with Crippen molar-refractivity contribution in [2.75, 3.05) is 32.2 Å². The highest BCUT2D eigenvalue weighted by molar-refractivity contribution is 7.99. The number of hydrogen-bond donors (Lipinski definition) is 0. The zero-order valence-electron chi connectivity index (χ0n) is 25.7. The van der Waals surface area contributed by atoms with Gasteiger partial charge >= 0.3 is 6.18 Å². The zero-order chi connectivity index (χ0) is 33.1. The van der Waals surface area contributed by atoms with Crippen molar-refractivity contribution in [3.8, 4) is 17.2 Å². The minimum Gasteiger partial charge on any atom is -0.454 e. The summed E-state index contributed by atoms with van der Waals surface area (Å²) >= 11 is 1.30. The number of carbonyl (C=O) groups excluding carboxylic acids is 2. The van der Waals surface area contributed by atoms with Crippen LogP contribution in [0.15, 0.2) is 76.7 Å². The van der Waals surface area contributed by atoms with E-state index in [-0.39, 0.29) is 30.3 Å². The Morgan fingerprint density at radius 2 is 1.77 bits per heavy atom. The minimum absolute atomic E-state index is 0.0364. The van der Waals surface area contributed by atoms with Crippen LogP contribution in [0.1, 0.15) is 48.5 Å². The fourth-order valence-electron chi connectivity index (χ4n) is 5.82. The van der Waals surface area contributed by atoms with Gasteiger partial charge in [-0.05, 0) is 68.3 Å². The maximum absolute atomic E-state index is 13.4. The van der Waals surface area contributed by atoms with Crippen LogP contribution in [-0.2, 0) is 11.0 Å². The Kier molecular flexibility index (Phi) is 9.44. The fraction of sp³-hybridized carbons (Fsp3) is 0.353. The van der Waals surface area contributed by atoms with Crippen LogP contribution >= 0.6 is 11.8 Å². The Labute approximate surface area is 273 Å². The number of alkyl halides is 3. The second kappa shape index (κ2) is 13.7. The third-order valence-corrected chi connectivity index (χ3v) is 9.33. The second-order valence-electron chi connectivity index (χ2n) is 11.5. The van der Waals surface area contributed by atoms with Crippen LogP contribution in [0, 0.1) is 0 Å². The lowest BCUT2D eigenvalue weighted by atomic mass is 10.1. The highest BCUT2D eigenvalue weighted by Crippen LogP contribution is 2.34. The number of amides is 2. The van der Waals surface area contributed by atoms with E-state index in [1.165, 1.54) is 28.5 Å². The third-order valence-electron chi connectivity index (χ3n) is 8.30. The number of para-hydroxylation sites is 1. The molecular formula is C34H33F3N4O5S. The minimum atomic E-state index is -4.55. The summed E-state index contributed by atoms with van der Waals surface area (Å²) in [6.45, 7) is 3.41. The molecule has 13 heteroatoms. The van der Waals surface area contributed by atoms with E-state index in [0.29, 0.717) is 71.4 Å². The SMILES string of the molecule is CC1CN(C(=O)CCCCCSc2nc3ccccc3c(=O)n2-c2cccc(C(F)(F)F)c2)CCN1C(=O)c1ccc2c(c1)OCO2. The number of hydrogen-bond acceptors (Lipinski definition) is 7. The average molecular weight is 667 g/mol. The van der Waals surface area contributed by atoms with Gasteiger partial charge in [0.05, 0.1) is 22.2 Å². The fourth-order valence-corrected chi connectivity index (χ4v) is 6.83. The molecule has 1 unspecified atom stereocenters. The molecule has 2 amide bonds. The summed E-state index contributed by atoms with van der Waals surface area (Å²) in [5.41, 5.74) is -0.189. The van der Waals surface area contributed by atoms with E-state index in [0.717, 1.165) is 25.0 Å². The van der Waals surface area contributed by atoms with Gasteiger partial charge in [0.15, 0.2) is 16.7 Å². The molecule has 9 nitrogen and oxygen atoms in total. The van der Waals surface area contributed by atoms with E-state index in [9.17, 15) is 27.6 Å². The molecule has 0 bridgehead atoms. The van der Waals surface area contributed by atoms with Crippen molar-refractivity contribution in [2.24, 2.45) is 0 Å². The van der Waals surface area contributed by atoms with Gasteiger partial charge in [-0.15, -0.1) is 0 Å². The van der Waals surface area contributed by atoms with Crippen LogP contribution in [-0.4, -0.2) is 69.4 Å². The van der Waals surface area contributed by atoms with Crippen molar-refractivity contribution < 1.29 is 32.2 Å². The molecule has 246 valence electrons.